The number of anilines is 1. The maximum absolute atomic E-state index is 13.5. The van der Waals surface area contributed by atoms with Gasteiger partial charge in [0.1, 0.15) is 11.6 Å². The number of piperidine rings is 1. The second kappa shape index (κ2) is 10.7. The standard InChI is InChI=1S/C30H31F2N5O2/c31-22-13-19(14-23(32)16-22)17-37-11-7-18(8-12-37)5-9-34-29(38)21-3-4-24-25-6-10-33-28(27(25)35-26(24)15-21)36-30(39)20-1-2-20/h3-4,6,10,13-16,18,20,35H,1-2,5,7-9,11-12,17H2,(H,34,38)(H,33,36,39). The maximum Gasteiger partial charge on any atom is 0.251 e. The average molecular weight is 532 g/mol. The van der Waals surface area contributed by atoms with Crippen LogP contribution in [0.3, 0.4) is 0 Å². The summed E-state index contributed by atoms with van der Waals surface area (Å²) < 4.78 is 26.9. The van der Waals surface area contributed by atoms with Crippen LogP contribution in [-0.2, 0) is 11.3 Å². The van der Waals surface area contributed by atoms with Gasteiger partial charge in [-0.2, -0.15) is 0 Å². The molecule has 2 aliphatic rings. The molecule has 202 valence electrons. The molecule has 1 saturated carbocycles. The Morgan fingerprint density at radius 2 is 1.74 bits per heavy atom. The summed E-state index contributed by atoms with van der Waals surface area (Å²) in [7, 11) is 0. The molecule has 0 unspecified atom stereocenters. The van der Waals surface area contributed by atoms with E-state index in [-0.39, 0.29) is 17.7 Å². The molecule has 1 aliphatic carbocycles. The number of pyridine rings is 1. The van der Waals surface area contributed by atoms with Crippen molar-refractivity contribution in [1.29, 1.82) is 0 Å². The van der Waals surface area contributed by atoms with Crippen LogP contribution in [0.15, 0.2) is 48.7 Å². The van der Waals surface area contributed by atoms with Gasteiger partial charge >= 0.3 is 0 Å². The van der Waals surface area contributed by atoms with E-state index in [0.29, 0.717) is 36.0 Å². The van der Waals surface area contributed by atoms with Gasteiger partial charge < -0.3 is 15.6 Å². The van der Waals surface area contributed by atoms with Crippen LogP contribution in [-0.4, -0.2) is 46.3 Å². The lowest BCUT2D eigenvalue weighted by atomic mass is 9.93. The Balaban J connectivity index is 1.02. The smallest absolute Gasteiger partial charge is 0.251 e. The highest BCUT2D eigenvalue weighted by Gasteiger charge is 2.30. The van der Waals surface area contributed by atoms with Crippen molar-refractivity contribution in [2.24, 2.45) is 11.8 Å². The van der Waals surface area contributed by atoms with E-state index in [1.165, 1.54) is 12.1 Å². The number of carbonyl (C=O) groups excluding carboxylic acids is 2. The molecule has 1 saturated heterocycles. The molecule has 4 aromatic rings. The summed E-state index contributed by atoms with van der Waals surface area (Å²) >= 11 is 0. The van der Waals surface area contributed by atoms with Gasteiger partial charge in [-0.3, -0.25) is 14.5 Å². The van der Waals surface area contributed by atoms with Gasteiger partial charge in [0, 0.05) is 53.1 Å². The van der Waals surface area contributed by atoms with Crippen LogP contribution >= 0.6 is 0 Å². The Morgan fingerprint density at radius 1 is 0.974 bits per heavy atom. The molecule has 0 atom stereocenters. The number of carbonyl (C=O) groups is 2. The predicted octanol–water partition coefficient (Wildman–Crippen LogP) is 5.37. The Hall–Kier alpha value is -3.85. The first-order valence-electron chi connectivity index (χ1n) is 13.6. The molecule has 3 heterocycles. The molecule has 7 nitrogen and oxygen atoms in total. The molecule has 39 heavy (non-hydrogen) atoms. The Labute approximate surface area is 225 Å². The normalized spacial score (nSPS) is 16.6. The molecule has 0 spiro atoms. The first-order chi connectivity index (χ1) is 18.9. The van der Waals surface area contributed by atoms with Gasteiger partial charge in [-0.15, -0.1) is 0 Å². The lowest BCUT2D eigenvalue weighted by molar-refractivity contribution is -0.117. The van der Waals surface area contributed by atoms with Gasteiger partial charge in [0.2, 0.25) is 5.91 Å². The molecule has 1 aliphatic heterocycles. The summed E-state index contributed by atoms with van der Waals surface area (Å²) in [6.45, 7) is 2.86. The number of amides is 2. The van der Waals surface area contributed by atoms with Crippen molar-refractivity contribution in [3.63, 3.8) is 0 Å². The summed E-state index contributed by atoms with van der Waals surface area (Å²) in [6.07, 6.45) is 6.39. The van der Waals surface area contributed by atoms with Crippen LogP contribution < -0.4 is 10.6 Å². The Morgan fingerprint density at radius 3 is 2.49 bits per heavy atom. The van der Waals surface area contributed by atoms with Gasteiger partial charge in [0.25, 0.3) is 5.91 Å². The van der Waals surface area contributed by atoms with E-state index in [9.17, 15) is 18.4 Å². The Bertz CT molecular complexity index is 1520. The van der Waals surface area contributed by atoms with E-state index in [4.69, 9.17) is 0 Å². The minimum Gasteiger partial charge on any atom is -0.352 e. The van der Waals surface area contributed by atoms with E-state index in [0.717, 1.165) is 73.1 Å². The van der Waals surface area contributed by atoms with E-state index >= 15 is 0 Å². The van der Waals surface area contributed by atoms with Gasteiger partial charge in [0.15, 0.2) is 5.82 Å². The van der Waals surface area contributed by atoms with Gasteiger partial charge in [-0.1, -0.05) is 6.07 Å². The molecule has 2 fully saturated rings. The van der Waals surface area contributed by atoms with Crippen LogP contribution in [0.5, 0.6) is 0 Å². The molecule has 9 heteroatoms. The molecule has 3 N–H and O–H groups in total. The third kappa shape index (κ3) is 5.78. The molecule has 2 aromatic heterocycles. The minimum absolute atomic E-state index is 0.00127. The highest BCUT2D eigenvalue weighted by Crippen LogP contribution is 2.33. The number of hydrogen-bond acceptors (Lipinski definition) is 4. The fourth-order valence-electron chi connectivity index (χ4n) is 5.52. The summed E-state index contributed by atoms with van der Waals surface area (Å²) in [5.74, 6) is -0.111. The molecule has 2 aromatic carbocycles. The highest BCUT2D eigenvalue weighted by molar-refractivity contribution is 6.13. The number of benzene rings is 2. The van der Waals surface area contributed by atoms with Crippen molar-refractivity contribution in [3.8, 4) is 0 Å². The van der Waals surface area contributed by atoms with Crippen LogP contribution in [0, 0.1) is 23.5 Å². The SMILES string of the molecule is O=C(NCCC1CCN(Cc2cc(F)cc(F)c2)CC1)c1ccc2c(c1)[nH]c1c(NC(=O)C3CC3)nccc12. The van der Waals surface area contributed by atoms with E-state index in [1.807, 2.05) is 24.3 Å². The monoisotopic (exact) mass is 531 g/mol. The number of H-pyrrole nitrogens is 1. The maximum atomic E-state index is 13.5. The van der Waals surface area contributed by atoms with Gasteiger partial charge in [0.05, 0.1) is 5.52 Å². The topological polar surface area (TPSA) is 90.1 Å². The zero-order valence-electron chi connectivity index (χ0n) is 21.6. The first kappa shape index (κ1) is 25.4. The van der Waals surface area contributed by atoms with Crippen LogP contribution in [0.1, 0.15) is 48.0 Å². The average Bonchev–Trinajstić information content (AvgIpc) is 3.70. The molecule has 0 radical (unpaired) electrons. The highest BCUT2D eigenvalue weighted by atomic mass is 19.1. The summed E-state index contributed by atoms with van der Waals surface area (Å²) in [6, 6.07) is 11.2. The second-order valence-electron chi connectivity index (χ2n) is 10.8. The van der Waals surface area contributed by atoms with Crippen molar-refractivity contribution in [2.45, 2.75) is 38.6 Å². The molecule has 6 rings (SSSR count). The van der Waals surface area contributed by atoms with E-state index in [2.05, 4.69) is 25.5 Å². The van der Waals surface area contributed by atoms with Crippen LogP contribution in [0.2, 0.25) is 0 Å². The summed E-state index contributed by atoms with van der Waals surface area (Å²) in [4.78, 5) is 35.1. The molecular formula is C30H31F2N5O2. The zero-order chi connectivity index (χ0) is 26.9. The molecule has 2 amide bonds. The largest absolute Gasteiger partial charge is 0.352 e. The van der Waals surface area contributed by atoms with Crippen LogP contribution in [0.4, 0.5) is 14.6 Å². The van der Waals surface area contributed by atoms with Crippen molar-refractivity contribution in [3.05, 3.63) is 71.4 Å². The number of hydrogen-bond donors (Lipinski definition) is 3. The first-order valence-corrected chi connectivity index (χ1v) is 13.6. The number of fused-ring (bicyclic) bond motifs is 3. The number of nitrogens with one attached hydrogen (secondary N) is 3. The van der Waals surface area contributed by atoms with Crippen molar-refractivity contribution in [2.75, 3.05) is 25.0 Å². The Kier molecular flexibility index (Phi) is 6.99. The third-order valence-electron chi connectivity index (χ3n) is 7.85. The number of aromatic nitrogens is 2. The molecule has 0 bridgehead atoms. The number of halogens is 2. The lowest BCUT2D eigenvalue weighted by Crippen LogP contribution is -2.35. The lowest BCUT2D eigenvalue weighted by Gasteiger charge is -2.32. The number of likely N-dealkylation sites (tertiary alicyclic amines) is 1. The van der Waals surface area contributed by atoms with Crippen molar-refractivity contribution < 1.29 is 18.4 Å². The van der Waals surface area contributed by atoms with Gasteiger partial charge in [-0.25, -0.2) is 13.8 Å². The summed E-state index contributed by atoms with van der Waals surface area (Å²) in [5, 5.41) is 7.90. The van der Waals surface area contributed by atoms with E-state index < -0.39 is 11.6 Å². The number of rotatable bonds is 8. The number of aromatic amines is 1. The second-order valence-corrected chi connectivity index (χ2v) is 10.8. The minimum atomic E-state index is -0.543. The van der Waals surface area contributed by atoms with Crippen molar-refractivity contribution in [1.82, 2.24) is 20.2 Å². The quantitative estimate of drug-likeness (QED) is 0.285. The van der Waals surface area contributed by atoms with Gasteiger partial charge in [-0.05, 0) is 87.0 Å². The third-order valence-corrected chi connectivity index (χ3v) is 7.85. The van der Waals surface area contributed by atoms with E-state index in [1.54, 1.807) is 6.20 Å². The molecular weight excluding hydrogens is 500 g/mol. The number of nitrogens with zero attached hydrogens (tertiary/aromatic N) is 2. The van der Waals surface area contributed by atoms with Crippen molar-refractivity contribution >= 4 is 39.4 Å². The summed E-state index contributed by atoms with van der Waals surface area (Å²) in [5.41, 5.74) is 2.80. The zero-order valence-corrected chi connectivity index (χ0v) is 21.6. The predicted molar refractivity (Wildman–Crippen MR) is 146 cm³/mol. The fourth-order valence-corrected chi connectivity index (χ4v) is 5.52. The fraction of sp³-hybridized carbons (Fsp3) is 0.367. The van der Waals surface area contributed by atoms with Crippen LogP contribution in [0.25, 0.3) is 21.8 Å².